The van der Waals surface area contributed by atoms with Crippen LogP contribution in [0.5, 0.6) is 0 Å². The molecule has 1 unspecified atom stereocenters. The zero-order chi connectivity index (χ0) is 21.0. The van der Waals surface area contributed by atoms with E-state index < -0.39 is 0 Å². The average molecular weight is 401 g/mol. The second kappa shape index (κ2) is 9.54. The van der Waals surface area contributed by atoms with Gasteiger partial charge in [0.2, 0.25) is 0 Å². The van der Waals surface area contributed by atoms with Crippen molar-refractivity contribution in [1.29, 1.82) is 0 Å². The molecule has 2 aliphatic carbocycles. The van der Waals surface area contributed by atoms with Gasteiger partial charge in [-0.15, -0.1) is 0 Å². The molecule has 2 aromatic carbocycles. The lowest BCUT2D eigenvalue weighted by molar-refractivity contribution is 0.154. The quantitative estimate of drug-likeness (QED) is 0.426. The fourth-order valence-corrected chi connectivity index (χ4v) is 6.17. The number of hydrogen-bond donors (Lipinski definition) is 0. The summed E-state index contributed by atoms with van der Waals surface area (Å²) in [6, 6.07) is 18.1. The van der Waals surface area contributed by atoms with Gasteiger partial charge in [0.15, 0.2) is 0 Å². The fraction of sp³-hybridized carbons (Fsp3) is 0.533. The van der Waals surface area contributed by atoms with Gasteiger partial charge in [-0.2, -0.15) is 0 Å². The third kappa shape index (κ3) is 4.74. The van der Waals surface area contributed by atoms with Crippen LogP contribution in [0.15, 0.2) is 54.6 Å². The highest BCUT2D eigenvalue weighted by atomic mass is 14.4. The van der Waals surface area contributed by atoms with Gasteiger partial charge in [-0.05, 0) is 90.5 Å². The number of benzene rings is 2. The van der Waals surface area contributed by atoms with Gasteiger partial charge in [-0.25, -0.2) is 0 Å². The maximum Gasteiger partial charge on any atom is -0.0146 e. The van der Waals surface area contributed by atoms with Gasteiger partial charge in [0.1, 0.15) is 0 Å². The molecule has 0 aliphatic heterocycles. The van der Waals surface area contributed by atoms with E-state index in [0.29, 0.717) is 11.3 Å². The Morgan fingerprint density at radius 2 is 1.67 bits per heavy atom. The molecule has 0 amide bonds. The van der Waals surface area contributed by atoms with E-state index in [9.17, 15) is 0 Å². The van der Waals surface area contributed by atoms with Crippen LogP contribution in [0.2, 0.25) is 0 Å². The van der Waals surface area contributed by atoms with E-state index in [-0.39, 0.29) is 0 Å². The maximum atomic E-state index is 2.66. The van der Waals surface area contributed by atoms with Crippen molar-refractivity contribution in [2.24, 2.45) is 17.3 Å². The van der Waals surface area contributed by atoms with Crippen LogP contribution in [0, 0.1) is 24.2 Å². The van der Waals surface area contributed by atoms with E-state index in [1.54, 1.807) is 16.7 Å². The second-order valence-electron chi connectivity index (χ2n) is 10.3. The Morgan fingerprint density at radius 1 is 0.967 bits per heavy atom. The van der Waals surface area contributed by atoms with Crippen LogP contribution in [0.4, 0.5) is 0 Å². The summed E-state index contributed by atoms with van der Waals surface area (Å²) in [5, 5.41) is 0. The molecule has 2 atom stereocenters. The fourth-order valence-electron chi connectivity index (χ4n) is 6.17. The zero-order valence-electron chi connectivity index (χ0n) is 19.4. The predicted octanol–water partition coefficient (Wildman–Crippen LogP) is 8.57. The van der Waals surface area contributed by atoms with Gasteiger partial charge < -0.3 is 0 Å². The number of allylic oxidation sites excluding steroid dienone is 2. The molecule has 2 aliphatic rings. The van der Waals surface area contributed by atoms with Crippen LogP contribution in [0.3, 0.4) is 0 Å². The van der Waals surface area contributed by atoms with Crippen molar-refractivity contribution in [3.05, 3.63) is 76.9 Å². The van der Waals surface area contributed by atoms with Crippen molar-refractivity contribution in [2.45, 2.75) is 85.0 Å². The number of rotatable bonds is 6. The van der Waals surface area contributed by atoms with Crippen molar-refractivity contribution in [2.75, 3.05) is 0 Å². The van der Waals surface area contributed by atoms with Gasteiger partial charge in [0.25, 0.3) is 0 Å². The molecule has 0 radical (unpaired) electrons. The lowest BCUT2D eigenvalue weighted by Crippen LogP contribution is -2.25. The van der Waals surface area contributed by atoms with Crippen LogP contribution < -0.4 is 0 Å². The standard InChI is InChI=1S/C30H40/c1-4-30(3)19-11-5-6-15-28(30)18-17-27(29-16-10-7-12-23(29)2)22-24-20-25-13-8-9-14-26(25)21-24/h7-10,12-14,16,22,24,28H,4-6,11,15,17-21H2,1-3H3/b27-22+/t28-,30?/m1/s1. The van der Waals surface area contributed by atoms with E-state index in [1.807, 2.05) is 0 Å². The normalized spacial score (nSPS) is 25.2. The third-order valence-electron chi connectivity index (χ3n) is 8.37. The topological polar surface area (TPSA) is 0 Å². The Kier molecular flexibility index (Phi) is 6.81. The van der Waals surface area contributed by atoms with Crippen LogP contribution in [0.1, 0.15) is 87.5 Å². The minimum atomic E-state index is 0.539. The molecule has 2 aromatic rings. The first kappa shape index (κ1) is 21.4. The van der Waals surface area contributed by atoms with Crippen molar-refractivity contribution in [3.63, 3.8) is 0 Å². The summed E-state index contributed by atoms with van der Waals surface area (Å²) in [5.74, 6) is 1.53. The van der Waals surface area contributed by atoms with Gasteiger partial charge in [0, 0.05) is 0 Å². The lowest BCUT2D eigenvalue weighted by atomic mass is 9.69. The minimum absolute atomic E-state index is 0.539. The van der Waals surface area contributed by atoms with Gasteiger partial charge in [-0.1, -0.05) is 94.1 Å². The third-order valence-corrected chi connectivity index (χ3v) is 8.37. The van der Waals surface area contributed by atoms with Gasteiger partial charge >= 0.3 is 0 Å². The molecule has 1 fully saturated rings. The van der Waals surface area contributed by atoms with Crippen LogP contribution >= 0.6 is 0 Å². The maximum absolute atomic E-state index is 2.66. The Hall–Kier alpha value is -1.82. The molecule has 160 valence electrons. The molecular weight excluding hydrogens is 360 g/mol. The molecule has 0 saturated heterocycles. The Bertz CT molecular complexity index is 848. The molecule has 0 nitrogen and oxygen atoms in total. The average Bonchev–Trinajstić information content (AvgIpc) is 3.07. The predicted molar refractivity (Wildman–Crippen MR) is 131 cm³/mol. The first-order valence-electron chi connectivity index (χ1n) is 12.4. The second-order valence-corrected chi connectivity index (χ2v) is 10.3. The van der Waals surface area contributed by atoms with E-state index >= 15 is 0 Å². The zero-order valence-corrected chi connectivity index (χ0v) is 19.4. The van der Waals surface area contributed by atoms with Crippen LogP contribution in [-0.4, -0.2) is 0 Å². The summed E-state index contributed by atoms with van der Waals surface area (Å²) in [4.78, 5) is 0. The van der Waals surface area contributed by atoms with Crippen molar-refractivity contribution in [3.8, 4) is 0 Å². The lowest BCUT2D eigenvalue weighted by Gasteiger charge is -2.36. The Morgan fingerprint density at radius 3 is 2.37 bits per heavy atom. The molecule has 30 heavy (non-hydrogen) atoms. The smallest absolute Gasteiger partial charge is 0.0146 e. The highest BCUT2D eigenvalue weighted by Crippen LogP contribution is 2.45. The van der Waals surface area contributed by atoms with E-state index in [0.717, 1.165) is 5.92 Å². The Labute approximate surface area is 184 Å². The molecule has 0 heterocycles. The first-order valence-corrected chi connectivity index (χ1v) is 12.4. The van der Waals surface area contributed by atoms with E-state index in [4.69, 9.17) is 0 Å². The first-order chi connectivity index (χ1) is 14.6. The van der Waals surface area contributed by atoms with Crippen molar-refractivity contribution < 1.29 is 0 Å². The molecule has 1 saturated carbocycles. The van der Waals surface area contributed by atoms with E-state index in [2.05, 4.69) is 75.4 Å². The van der Waals surface area contributed by atoms with Crippen LogP contribution in [-0.2, 0) is 12.8 Å². The monoisotopic (exact) mass is 400 g/mol. The number of hydrogen-bond acceptors (Lipinski definition) is 0. The molecule has 0 spiro atoms. The van der Waals surface area contributed by atoms with Crippen molar-refractivity contribution in [1.82, 2.24) is 0 Å². The highest BCUT2D eigenvalue weighted by molar-refractivity contribution is 5.68. The molecule has 0 heteroatoms. The SMILES string of the molecule is CCC1(C)CCCCC[C@@H]1CC/C(=C\C1Cc2ccccc2C1)c1ccccc1C. The van der Waals surface area contributed by atoms with Crippen LogP contribution in [0.25, 0.3) is 5.57 Å². The molecule has 0 bridgehead atoms. The molecular formula is C30H40. The molecule has 4 rings (SSSR count). The van der Waals surface area contributed by atoms with Gasteiger partial charge in [0.05, 0.1) is 0 Å². The molecule has 0 aromatic heterocycles. The summed E-state index contributed by atoms with van der Waals surface area (Å²) in [7, 11) is 0. The highest BCUT2D eigenvalue weighted by Gasteiger charge is 2.33. The van der Waals surface area contributed by atoms with E-state index in [1.165, 1.54) is 75.3 Å². The van der Waals surface area contributed by atoms with Crippen molar-refractivity contribution >= 4 is 5.57 Å². The largest absolute Gasteiger partial charge is 0.0769 e. The minimum Gasteiger partial charge on any atom is -0.0769 e. The summed E-state index contributed by atoms with van der Waals surface area (Å²) in [5.41, 5.74) is 8.18. The summed E-state index contributed by atoms with van der Waals surface area (Å²) >= 11 is 0. The Balaban J connectivity index is 1.56. The summed E-state index contributed by atoms with van der Waals surface area (Å²) < 4.78 is 0. The molecule has 0 N–H and O–H groups in total. The summed E-state index contributed by atoms with van der Waals surface area (Å²) in [6.07, 6.45) is 16.2. The number of fused-ring (bicyclic) bond motifs is 1. The van der Waals surface area contributed by atoms with Gasteiger partial charge in [-0.3, -0.25) is 0 Å². The number of aryl methyl sites for hydroxylation is 1. The summed E-state index contributed by atoms with van der Waals surface area (Å²) in [6.45, 7) is 7.29.